The molecule has 32 heavy (non-hydrogen) atoms. The lowest BCUT2D eigenvalue weighted by Crippen LogP contribution is -2.31. The number of aromatic nitrogens is 4. The third-order valence-corrected chi connectivity index (χ3v) is 7.10. The molecule has 3 aromatic rings. The van der Waals surface area contributed by atoms with E-state index in [1.54, 1.807) is 29.7 Å². The Bertz CT molecular complexity index is 1360. The largest absolute Gasteiger partial charge is 0.330 e. The summed E-state index contributed by atoms with van der Waals surface area (Å²) in [5.41, 5.74) is -0.196. The molecule has 0 radical (unpaired) electrons. The third-order valence-electron chi connectivity index (χ3n) is 5.47. The number of rotatable bonds is 6. The molecule has 5 rings (SSSR count). The summed E-state index contributed by atoms with van der Waals surface area (Å²) in [6.45, 7) is 1.72. The molecular weight excluding hydrogens is 473 g/mol. The minimum absolute atomic E-state index is 0.0365. The van der Waals surface area contributed by atoms with Crippen molar-refractivity contribution < 1.29 is 4.79 Å². The molecule has 2 aromatic heterocycles. The number of anilines is 1. The fourth-order valence-electron chi connectivity index (χ4n) is 3.46. The number of aromatic amines is 1. The van der Waals surface area contributed by atoms with Gasteiger partial charge < -0.3 is 5.32 Å². The van der Waals surface area contributed by atoms with Crippen molar-refractivity contribution in [3.63, 3.8) is 0 Å². The Morgan fingerprint density at radius 1 is 1.22 bits per heavy atom. The van der Waals surface area contributed by atoms with Crippen LogP contribution in [-0.4, -0.2) is 30.7 Å². The molecule has 8 nitrogen and oxygen atoms in total. The summed E-state index contributed by atoms with van der Waals surface area (Å²) in [4.78, 5) is 49.7. The number of nitrogens with one attached hydrogen (secondary N) is 2. The van der Waals surface area contributed by atoms with Crippen LogP contribution in [0.1, 0.15) is 50.4 Å². The van der Waals surface area contributed by atoms with Gasteiger partial charge in [-0.05, 0) is 50.8 Å². The topological polar surface area (TPSA) is 110 Å². The normalized spacial score (nSPS) is 16.8. The first kappa shape index (κ1) is 21.5. The maximum absolute atomic E-state index is 12.8. The smallest absolute Gasteiger partial charge is 0.324 e. The summed E-state index contributed by atoms with van der Waals surface area (Å²) in [6, 6.07) is 4.85. The van der Waals surface area contributed by atoms with Crippen molar-refractivity contribution >= 4 is 57.6 Å². The highest BCUT2D eigenvalue weighted by Gasteiger charge is 2.33. The first-order valence-electron chi connectivity index (χ1n) is 10.3. The number of carbonyl (C=O) groups is 1. The number of fused-ring (bicyclic) bond motifs is 1. The SMILES string of the molecule is CC(Sc1nc(C2CC2)nc2c1c(=O)[nH]c(=O)n2C1CC1)C(=O)Nc1ccc(Cl)cc1Cl. The van der Waals surface area contributed by atoms with Gasteiger partial charge in [0.1, 0.15) is 16.2 Å². The van der Waals surface area contributed by atoms with Crippen LogP contribution in [-0.2, 0) is 4.79 Å². The fraction of sp³-hybridized carbons (Fsp3) is 0.381. The van der Waals surface area contributed by atoms with Crippen molar-refractivity contribution in [3.05, 3.63) is 54.9 Å². The zero-order valence-electron chi connectivity index (χ0n) is 17.0. The molecule has 166 valence electrons. The van der Waals surface area contributed by atoms with Gasteiger partial charge in [0.05, 0.1) is 16.0 Å². The highest BCUT2D eigenvalue weighted by Crippen LogP contribution is 2.41. The molecule has 11 heteroatoms. The Morgan fingerprint density at radius 2 is 1.97 bits per heavy atom. The zero-order valence-corrected chi connectivity index (χ0v) is 19.4. The molecule has 0 aliphatic heterocycles. The highest BCUT2D eigenvalue weighted by atomic mass is 35.5. The lowest BCUT2D eigenvalue weighted by atomic mass is 10.3. The van der Waals surface area contributed by atoms with Gasteiger partial charge in [-0.2, -0.15) is 0 Å². The summed E-state index contributed by atoms with van der Waals surface area (Å²) in [5.74, 6) is 0.538. The zero-order chi connectivity index (χ0) is 22.6. The Hall–Kier alpha value is -2.36. The van der Waals surface area contributed by atoms with Crippen LogP contribution in [0.4, 0.5) is 5.69 Å². The van der Waals surface area contributed by atoms with E-state index in [4.69, 9.17) is 23.2 Å². The van der Waals surface area contributed by atoms with Crippen molar-refractivity contribution in [2.45, 2.75) is 54.8 Å². The lowest BCUT2D eigenvalue weighted by molar-refractivity contribution is -0.115. The Morgan fingerprint density at radius 3 is 2.62 bits per heavy atom. The molecule has 1 amide bonds. The molecule has 0 bridgehead atoms. The predicted molar refractivity (Wildman–Crippen MR) is 125 cm³/mol. The van der Waals surface area contributed by atoms with Crippen LogP contribution >= 0.6 is 35.0 Å². The average Bonchev–Trinajstić information content (AvgIpc) is 3.62. The molecule has 2 heterocycles. The van der Waals surface area contributed by atoms with Gasteiger partial charge in [-0.25, -0.2) is 14.8 Å². The van der Waals surface area contributed by atoms with Crippen molar-refractivity contribution in [3.8, 4) is 0 Å². The van der Waals surface area contributed by atoms with E-state index < -0.39 is 16.5 Å². The Kier molecular flexibility index (Phi) is 5.51. The standard InChI is InChI=1S/C21H19Cl2N5O3S/c1-9(18(29)24-14-7-4-11(22)8-13(14)23)32-20-15-17(25-16(26-20)10-2-3-10)28(12-5-6-12)21(31)27-19(15)30/h4,7-10,12H,2-3,5-6H2,1H3,(H,24,29)(H,27,30,31). The summed E-state index contributed by atoms with van der Waals surface area (Å²) in [7, 11) is 0. The second kappa shape index (κ2) is 8.20. The van der Waals surface area contributed by atoms with Crippen LogP contribution in [0.25, 0.3) is 11.0 Å². The fourth-order valence-corrected chi connectivity index (χ4v) is 4.87. The third kappa shape index (κ3) is 4.16. The van der Waals surface area contributed by atoms with Crippen molar-refractivity contribution in [1.82, 2.24) is 19.5 Å². The number of hydrogen-bond donors (Lipinski definition) is 2. The van der Waals surface area contributed by atoms with E-state index in [2.05, 4.69) is 20.3 Å². The average molecular weight is 492 g/mol. The maximum atomic E-state index is 12.8. The summed E-state index contributed by atoms with van der Waals surface area (Å²) in [5, 5.41) is 3.64. The van der Waals surface area contributed by atoms with E-state index >= 15 is 0 Å². The van der Waals surface area contributed by atoms with Crippen LogP contribution in [0.15, 0.2) is 32.8 Å². The molecule has 2 fully saturated rings. The highest BCUT2D eigenvalue weighted by molar-refractivity contribution is 8.00. The number of halogens is 2. The molecule has 1 aromatic carbocycles. The molecule has 1 atom stereocenters. The van der Waals surface area contributed by atoms with Crippen LogP contribution in [0.2, 0.25) is 10.0 Å². The van der Waals surface area contributed by atoms with E-state index in [-0.39, 0.29) is 23.3 Å². The summed E-state index contributed by atoms with van der Waals surface area (Å²) in [6.07, 6.45) is 3.68. The lowest BCUT2D eigenvalue weighted by Gasteiger charge is -2.15. The molecular formula is C21H19Cl2N5O3S. The van der Waals surface area contributed by atoms with E-state index in [1.165, 1.54) is 0 Å². The molecule has 1 unspecified atom stereocenters. The minimum atomic E-state index is -0.590. The number of benzene rings is 1. The summed E-state index contributed by atoms with van der Waals surface area (Å²) >= 11 is 13.2. The first-order chi connectivity index (χ1) is 15.3. The molecule has 2 N–H and O–H groups in total. The second-order valence-corrected chi connectivity index (χ2v) is 10.3. The van der Waals surface area contributed by atoms with Gasteiger partial charge in [-0.1, -0.05) is 35.0 Å². The van der Waals surface area contributed by atoms with E-state index in [9.17, 15) is 14.4 Å². The van der Waals surface area contributed by atoms with Crippen molar-refractivity contribution in [2.24, 2.45) is 0 Å². The van der Waals surface area contributed by atoms with Crippen molar-refractivity contribution in [1.29, 1.82) is 0 Å². The van der Waals surface area contributed by atoms with Gasteiger partial charge in [0, 0.05) is 17.0 Å². The number of carbonyl (C=O) groups excluding carboxylic acids is 1. The monoisotopic (exact) mass is 491 g/mol. The number of H-pyrrole nitrogens is 1. The van der Waals surface area contributed by atoms with Crippen LogP contribution in [0, 0.1) is 0 Å². The number of thioether (sulfide) groups is 1. The molecule has 0 saturated heterocycles. The number of amides is 1. The van der Waals surface area contributed by atoms with Gasteiger partial charge in [-0.3, -0.25) is 19.1 Å². The number of nitrogens with zero attached hydrogens (tertiary/aromatic N) is 3. The molecule has 2 saturated carbocycles. The van der Waals surface area contributed by atoms with Gasteiger partial charge >= 0.3 is 5.69 Å². The van der Waals surface area contributed by atoms with E-state index in [0.29, 0.717) is 32.2 Å². The minimum Gasteiger partial charge on any atom is -0.324 e. The number of hydrogen-bond acceptors (Lipinski definition) is 6. The van der Waals surface area contributed by atoms with Crippen molar-refractivity contribution in [2.75, 3.05) is 5.32 Å². The summed E-state index contributed by atoms with van der Waals surface area (Å²) < 4.78 is 1.56. The van der Waals surface area contributed by atoms with Crippen LogP contribution in [0.5, 0.6) is 0 Å². The van der Waals surface area contributed by atoms with E-state index in [0.717, 1.165) is 37.4 Å². The van der Waals surface area contributed by atoms with E-state index in [1.807, 2.05) is 0 Å². The van der Waals surface area contributed by atoms with Gasteiger partial charge in [-0.15, -0.1) is 0 Å². The predicted octanol–water partition coefficient (Wildman–Crippen LogP) is 4.12. The van der Waals surface area contributed by atoms with Crippen LogP contribution in [0.3, 0.4) is 0 Å². The quantitative estimate of drug-likeness (QED) is 0.396. The van der Waals surface area contributed by atoms with Gasteiger partial charge in [0.25, 0.3) is 5.56 Å². The van der Waals surface area contributed by atoms with Crippen LogP contribution < -0.4 is 16.6 Å². The Balaban J connectivity index is 1.51. The maximum Gasteiger partial charge on any atom is 0.330 e. The molecule has 0 spiro atoms. The van der Waals surface area contributed by atoms with Gasteiger partial charge in [0.15, 0.2) is 5.65 Å². The second-order valence-electron chi connectivity index (χ2n) is 8.09. The molecule has 2 aliphatic rings. The van der Waals surface area contributed by atoms with Gasteiger partial charge in [0.2, 0.25) is 5.91 Å². The Labute approximate surface area is 196 Å². The molecule has 2 aliphatic carbocycles. The first-order valence-corrected chi connectivity index (χ1v) is 11.9.